The molecule has 0 fully saturated rings. The Morgan fingerprint density at radius 2 is 1.97 bits per heavy atom. The van der Waals surface area contributed by atoms with Gasteiger partial charge in [0, 0.05) is 29.9 Å². The lowest BCUT2D eigenvalue weighted by atomic mass is 10.1. The monoisotopic (exact) mass is 408 g/mol. The standard InChI is InChI=1S/C20H13ClN4O4/c21-15-8-7-14(10-16(15)25(27)28)19(26)23-11-12-3-5-13(6-4-12)20-24-18-17(29-20)2-1-9-22-18/h1-10H,11H2,(H,23,26). The summed E-state index contributed by atoms with van der Waals surface area (Å²) in [6.45, 7) is 0.255. The van der Waals surface area contributed by atoms with Gasteiger partial charge in [0.05, 0.1) is 4.92 Å². The lowest BCUT2D eigenvalue weighted by molar-refractivity contribution is -0.384. The molecule has 0 unspecified atom stereocenters. The van der Waals surface area contributed by atoms with E-state index in [2.05, 4.69) is 15.3 Å². The first-order valence-electron chi connectivity index (χ1n) is 8.54. The van der Waals surface area contributed by atoms with Gasteiger partial charge in [0.15, 0.2) is 11.2 Å². The number of fused-ring (bicyclic) bond motifs is 1. The van der Waals surface area contributed by atoms with Gasteiger partial charge >= 0.3 is 0 Å². The lowest BCUT2D eigenvalue weighted by Gasteiger charge is -2.06. The van der Waals surface area contributed by atoms with E-state index in [4.69, 9.17) is 16.0 Å². The molecule has 0 aliphatic rings. The molecule has 1 N–H and O–H groups in total. The topological polar surface area (TPSA) is 111 Å². The number of pyridine rings is 1. The van der Waals surface area contributed by atoms with Crippen LogP contribution in [0.5, 0.6) is 0 Å². The number of carbonyl (C=O) groups excluding carboxylic acids is 1. The van der Waals surface area contributed by atoms with Crippen LogP contribution in [0.25, 0.3) is 22.7 Å². The van der Waals surface area contributed by atoms with E-state index in [-0.39, 0.29) is 22.8 Å². The number of oxazole rings is 1. The average Bonchev–Trinajstić information content (AvgIpc) is 3.17. The number of hydrogen-bond acceptors (Lipinski definition) is 6. The molecule has 2 aromatic carbocycles. The van der Waals surface area contributed by atoms with Gasteiger partial charge in [0.2, 0.25) is 5.89 Å². The van der Waals surface area contributed by atoms with E-state index in [9.17, 15) is 14.9 Å². The molecule has 0 aliphatic carbocycles. The largest absolute Gasteiger partial charge is 0.434 e. The molecule has 0 saturated heterocycles. The Balaban J connectivity index is 1.44. The molecule has 29 heavy (non-hydrogen) atoms. The Hall–Kier alpha value is -3.78. The summed E-state index contributed by atoms with van der Waals surface area (Å²) in [6.07, 6.45) is 1.65. The fourth-order valence-electron chi connectivity index (χ4n) is 2.74. The third kappa shape index (κ3) is 3.92. The van der Waals surface area contributed by atoms with Crippen LogP contribution in [0.1, 0.15) is 15.9 Å². The van der Waals surface area contributed by atoms with E-state index in [0.717, 1.165) is 17.2 Å². The summed E-state index contributed by atoms with van der Waals surface area (Å²) in [7, 11) is 0. The third-order valence-corrected chi connectivity index (χ3v) is 4.54. The smallest absolute Gasteiger partial charge is 0.288 e. The van der Waals surface area contributed by atoms with Crippen molar-refractivity contribution in [2.75, 3.05) is 0 Å². The minimum atomic E-state index is -0.626. The first-order chi connectivity index (χ1) is 14.0. The molecule has 0 radical (unpaired) electrons. The molecule has 0 atom stereocenters. The second kappa shape index (κ2) is 7.69. The number of aromatic nitrogens is 2. The summed E-state index contributed by atoms with van der Waals surface area (Å²) in [4.78, 5) is 31.1. The fourth-order valence-corrected chi connectivity index (χ4v) is 2.92. The highest BCUT2D eigenvalue weighted by atomic mass is 35.5. The van der Waals surface area contributed by atoms with E-state index in [0.29, 0.717) is 17.1 Å². The van der Waals surface area contributed by atoms with Gasteiger partial charge in [-0.3, -0.25) is 14.9 Å². The predicted molar refractivity (Wildman–Crippen MR) is 107 cm³/mol. The summed E-state index contributed by atoms with van der Waals surface area (Å²) in [5, 5.41) is 13.7. The highest BCUT2D eigenvalue weighted by molar-refractivity contribution is 6.32. The molecule has 0 saturated carbocycles. The number of nitrogens with one attached hydrogen (secondary N) is 1. The maximum Gasteiger partial charge on any atom is 0.288 e. The van der Waals surface area contributed by atoms with Crippen LogP contribution in [-0.2, 0) is 6.54 Å². The highest BCUT2D eigenvalue weighted by Gasteiger charge is 2.16. The van der Waals surface area contributed by atoms with Crippen molar-refractivity contribution in [2.24, 2.45) is 0 Å². The molecule has 9 heteroatoms. The van der Waals surface area contributed by atoms with Crippen molar-refractivity contribution in [2.45, 2.75) is 6.54 Å². The molecule has 0 spiro atoms. The summed E-state index contributed by atoms with van der Waals surface area (Å²) in [6, 6.07) is 14.8. The predicted octanol–water partition coefficient (Wildman–Crippen LogP) is 4.38. The van der Waals surface area contributed by atoms with E-state index >= 15 is 0 Å². The van der Waals surface area contributed by atoms with Crippen LogP contribution in [0.3, 0.4) is 0 Å². The Kier molecular flexibility index (Phi) is 4.92. The highest BCUT2D eigenvalue weighted by Crippen LogP contribution is 2.25. The van der Waals surface area contributed by atoms with Gasteiger partial charge in [-0.2, -0.15) is 4.98 Å². The summed E-state index contributed by atoms with van der Waals surface area (Å²) < 4.78 is 5.68. The van der Waals surface area contributed by atoms with Crippen LogP contribution in [-0.4, -0.2) is 20.8 Å². The number of benzene rings is 2. The minimum Gasteiger partial charge on any atom is -0.434 e. The van der Waals surface area contributed by atoms with Crippen LogP contribution in [0.15, 0.2) is 65.2 Å². The zero-order valence-corrected chi connectivity index (χ0v) is 15.6. The Morgan fingerprint density at radius 3 is 2.69 bits per heavy atom. The zero-order chi connectivity index (χ0) is 20.4. The number of nitrogens with zero attached hydrogens (tertiary/aromatic N) is 3. The van der Waals surface area contributed by atoms with Gasteiger partial charge in [-0.1, -0.05) is 23.7 Å². The second-order valence-corrected chi connectivity index (χ2v) is 6.55. The van der Waals surface area contributed by atoms with Crippen molar-refractivity contribution in [3.05, 3.63) is 87.1 Å². The van der Waals surface area contributed by atoms with Gasteiger partial charge in [0.25, 0.3) is 11.6 Å². The van der Waals surface area contributed by atoms with E-state index in [1.54, 1.807) is 18.3 Å². The van der Waals surface area contributed by atoms with Gasteiger partial charge in [-0.05, 0) is 42.0 Å². The van der Waals surface area contributed by atoms with Crippen molar-refractivity contribution < 1.29 is 14.1 Å². The molecule has 4 rings (SSSR count). The van der Waals surface area contributed by atoms with Crippen LogP contribution >= 0.6 is 11.6 Å². The summed E-state index contributed by atoms with van der Waals surface area (Å²) >= 11 is 5.77. The molecule has 0 aliphatic heterocycles. The first kappa shape index (κ1) is 18.6. The molecule has 1 amide bonds. The molecule has 2 heterocycles. The lowest BCUT2D eigenvalue weighted by Crippen LogP contribution is -2.22. The summed E-state index contributed by atoms with van der Waals surface area (Å²) in [5.74, 6) is 0.0293. The van der Waals surface area contributed by atoms with Gasteiger partial charge < -0.3 is 9.73 Å². The van der Waals surface area contributed by atoms with Crippen LogP contribution in [0, 0.1) is 10.1 Å². The van der Waals surface area contributed by atoms with Crippen LogP contribution < -0.4 is 5.32 Å². The van der Waals surface area contributed by atoms with Crippen LogP contribution in [0.4, 0.5) is 5.69 Å². The van der Waals surface area contributed by atoms with E-state index in [1.165, 1.54) is 12.1 Å². The van der Waals surface area contributed by atoms with Crippen LogP contribution in [0.2, 0.25) is 5.02 Å². The van der Waals surface area contributed by atoms with Gasteiger partial charge in [-0.15, -0.1) is 0 Å². The van der Waals surface area contributed by atoms with Crippen molar-refractivity contribution in [1.82, 2.24) is 15.3 Å². The fraction of sp³-hybridized carbons (Fsp3) is 0.0500. The molecular formula is C20H13ClN4O4. The number of nitro groups is 1. The number of nitro benzene ring substituents is 1. The van der Waals surface area contributed by atoms with E-state index in [1.807, 2.05) is 24.3 Å². The maximum atomic E-state index is 12.3. The van der Waals surface area contributed by atoms with Crippen molar-refractivity contribution >= 4 is 34.4 Å². The minimum absolute atomic E-state index is 0.0171. The molecule has 2 aromatic heterocycles. The number of carbonyl (C=O) groups is 1. The second-order valence-electron chi connectivity index (χ2n) is 6.15. The Labute approximate surface area is 169 Å². The van der Waals surface area contributed by atoms with Gasteiger partial charge in [0.1, 0.15) is 5.02 Å². The molecule has 4 aromatic rings. The quantitative estimate of drug-likeness (QED) is 0.387. The molecule has 0 bridgehead atoms. The zero-order valence-electron chi connectivity index (χ0n) is 14.8. The number of hydrogen-bond donors (Lipinski definition) is 1. The maximum absolute atomic E-state index is 12.3. The van der Waals surface area contributed by atoms with Crippen molar-refractivity contribution in [3.8, 4) is 11.5 Å². The Bertz CT molecular complexity index is 1190. The van der Waals surface area contributed by atoms with Crippen molar-refractivity contribution in [3.63, 3.8) is 0 Å². The molecule has 8 nitrogen and oxygen atoms in total. The van der Waals surface area contributed by atoms with E-state index < -0.39 is 10.8 Å². The third-order valence-electron chi connectivity index (χ3n) is 4.22. The molecule has 144 valence electrons. The summed E-state index contributed by atoms with van der Waals surface area (Å²) in [5.41, 5.74) is 2.63. The van der Waals surface area contributed by atoms with Gasteiger partial charge in [-0.25, -0.2) is 4.98 Å². The number of halogens is 1. The normalized spacial score (nSPS) is 10.8. The average molecular weight is 409 g/mol. The SMILES string of the molecule is O=C(NCc1ccc(-c2nc3ncccc3o2)cc1)c1ccc(Cl)c([N+](=O)[O-])c1. The number of rotatable bonds is 5. The number of amides is 1. The molecular weight excluding hydrogens is 396 g/mol. The Morgan fingerprint density at radius 1 is 1.17 bits per heavy atom. The van der Waals surface area contributed by atoms with Crippen molar-refractivity contribution in [1.29, 1.82) is 0 Å². The first-order valence-corrected chi connectivity index (χ1v) is 8.92.